The molecule has 0 saturated carbocycles. The monoisotopic (exact) mass is 157 g/mol. The van der Waals surface area contributed by atoms with Crippen LogP contribution in [-0.2, 0) is 4.43 Å². The normalized spacial score (nSPS) is 10.8. The van der Waals surface area contributed by atoms with Crippen molar-refractivity contribution < 1.29 is 4.43 Å². The van der Waals surface area contributed by atoms with Gasteiger partial charge in [-0.25, -0.2) is 0 Å². The van der Waals surface area contributed by atoms with Crippen LogP contribution >= 0.6 is 0 Å². The van der Waals surface area contributed by atoms with Crippen molar-refractivity contribution in [2.24, 2.45) is 5.92 Å². The molecule has 0 aromatic carbocycles. The molecule has 59 valence electrons. The Hall–Kier alpha value is 0.177. The standard InChI is InChI=1S/C8H17OSi/c1-8(2)6-4-3-5-7-9-10/h8H,3-7H2,1-2H3. The van der Waals surface area contributed by atoms with Gasteiger partial charge in [-0.1, -0.05) is 33.1 Å². The van der Waals surface area contributed by atoms with E-state index < -0.39 is 0 Å². The predicted molar refractivity (Wildman–Crippen MR) is 45.0 cm³/mol. The van der Waals surface area contributed by atoms with Gasteiger partial charge < -0.3 is 4.43 Å². The van der Waals surface area contributed by atoms with Gasteiger partial charge in [0.05, 0.1) is 0 Å². The van der Waals surface area contributed by atoms with Crippen LogP contribution in [0.2, 0.25) is 0 Å². The second-order valence-electron chi connectivity index (χ2n) is 3.09. The maximum absolute atomic E-state index is 4.75. The van der Waals surface area contributed by atoms with E-state index in [2.05, 4.69) is 24.3 Å². The SMILES string of the molecule is CC(C)CCCCCO[Si]. The van der Waals surface area contributed by atoms with Gasteiger partial charge in [0.25, 0.3) is 0 Å². The van der Waals surface area contributed by atoms with Crippen LogP contribution in [0.5, 0.6) is 0 Å². The fraction of sp³-hybridized carbons (Fsp3) is 1.00. The molecule has 0 heterocycles. The van der Waals surface area contributed by atoms with Crippen LogP contribution in [0.4, 0.5) is 0 Å². The molecule has 0 aromatic heterocycles. The molecule has 0 atom stereocenters. The highest BCUT2D eigenvalue weighted by Crippen LogP contribution is 2.07. The van der Waals surface area contributed by atoms with Crippen LogP contribution in [0.1, 0.15) is 39.5 Å². The fourth-order valence-electron chi connectivity index (χ4n) is 0.904. The average molecular weight is 157 g/mol. The Balaban J connectivity index is 2.77. The van der Waals surface area contributed by atoms with Crippen molar-refractivity contribution in [2.75, 3.05) is 6.61 Å². The van der Waals surface area contributed by atoms with E-state index >= 15 is 0 Å². The van der Waals surface area contributed by atoms with Crippen molar-refractivity contribution in [1.29, 1.82) is 0 Å². The van der Waals surface area contributed by atoms with Crippen molar-refractivity contribution >= 4 is 10.5 Å². The summed E-state index contributed by atoms with van der Waals surface area (Å²) in [5.41, 5.74) is 0. The van der Waals surface area contributed by atoms with Gasteiger partial charge in [0.15, 0.2) is 0 Å². The Morgan fingerprint density at radius 3 is 2.40 bits per heavy atom. The zero-order valence-corrected chi connectivity index (χ0v) is 8.02. The molecule has 3 radical (unpaired) electrons. The second-order valence-corrected chi connectivity index (χ2v) is 3.38. The third-order valence-electron chi connectivity index (χ3n) is 1.53. The number of rotatable bonds is 6. The highest BCUT2D eigenvalue weighted by atomic mass is 28.2. The summed E-state index contributed by atoms with van der Waals surface area (Å²) in [7, 11) is 2.97. The van der Waals surface area contributed by atoms with Gasteiger partial charge in [-0.05, 0) is 12.3 Å². The molecule has 0 bridgehead atoms. The third-order valence-corrected chi connectivity index (χ3v) is 1.73. The van der Waals surface area contributed by atoms with Crippen LogP contribution in [0.3, 0.4) is 0 Å². The van der Waals surface area contributed by atoms with Crippen molar-refractivity contribution in [3.63, 3.8) is 0 Å². The van der Waals surface area contributed by atoms with E-state index in [0.29, 0.717) is 0 Å². The molecule has 0 N–H and O–H groups in total. The van der Waals surface area contributed by atoms with Gasteiger partial charge in [0.1, 0.15) is 0 Å². The molecule has 2 heteroatoms. The summed E-state index contributed by atoms with van der Waals surface area (Å²) in [4.78, 5) is 0. The van der Waals surface area contributed by atoms with E-state index in [1.807, 2.05) is 0 Å². The Kier molecular flexibility index (Phi) is 7.41. The minimum atomic E-state index is 0.842. The van der Waals surface area contributed by atoms with Crippen LogP contribution in [0, 0.1) is 5.92 Å². The largest absolute Gasteiger partial charge is 0.419 e. The first kappa shape index (κ1) is 10.2. The van der Waals surface area contributed by atoms with Gasteiger partial charge in [-0.3, -0.25) is 0 Å². The second kappa shape index (κ2) is 7.29. The van der Waals surface area contributed by atoms with Crippen LogP contribution < -0.4 is 0 Å². The molecule has 0 amide bonds. The van der Waals surface area contributed by atoms with E-state index in [4.69, 9.17) is 4.43 Å². The van der Waals surface area contributed by atoms with E-state index in [-0.39, 0.29) is 0 Å². The van der Waals surface area contributed by atoms with Gasteiger partial charge in [0, 0.05) is 6.61 Å². The minimum absolute atomic E-state index is 0.842. The highest BCUT2D eigenvalue weighted by molar-refractivity contribution is 5.97. The topological polar surface area (TPSA) is 9.23 Å². The van der Waals surface area contributed by atoms with Crippen LogP contribution in [-0.4, -0.2) is 17.1 Å². The molecule has 0 rings (SSSR count). The average Bonchev–Trinajstić information content (AvgIpc) is 1.87. The maximum Gasteiger partial charge on any atom is 0.246 e. The maximum atomic E-state index is 4.75. The van der Waals surface area contributed by atoms with Gasteiger partial charge in [-0.2, -0.15) is 0 Å². The zero-order chi connectivity index (χ0) is 7.82. The summed E-state index contributed by atoms with van der Waals surface area (Å²) in [6, 6.07) is 0. The molecule has 1 nitrogen and oxygen atoms in total. The first-order valence-electron chi connectivity index (χ1n) is 4.06. The Labute approximate surface area is 67.7 Å². The molecule has 0 aliphatic heterocycles. The Bertz CT molecular complexity index is 64.3. The molecule has 10 heavy (non-hydrogen) atoms. The summed E-state index contributed by atoms with van der Waals surface area (Å²) >= 11 is 0. The molecule has 0 aliphatic carbocycles. The van der Waals surface area contributed by atoms with E-state index in [0.717, 1.165) is 12.5 Å². The molecule has 0 aliphatic rings. The van der Waals surface area contributed by atoms with Crippen molar-refractivity contribution in [3.8, 4) is 0 Å². The number of unbranched alkanes of at least 4 members (excludes halogenated alkanes) is 2. The van der Waals surface area contributed by atoms with Crippen molar-refractivity contribution in [1.82, 2.24) is 0 Å². The lowest BCUT2D eigenvalue weighted by molar-refractivity contribution is 0.331. The smallest absolute Gasteiger partial charge is 0.246 e. The molecule has 0 fully saturated rings. The lowest BCUT2D eigenvalue weighted by Gasteiger charge is -2.02. The van der Waals surface area contributed by atoms with Crippen LogP contribution in [0.15, 0.2) is 0 Å². The fourth-order valence-corrected chi connectivity index (χ4v) is 1.05. The number of hydrogen-bond acceptors (Lipinski definition) is 1. The predicted octanol–water partition coefficient (Wildman–Crippen LogP) is 2.30. The van der Waals surface area contributed by atoms with Crippen molar-refractivity contribution in [3.05, 3.63) is 0 Å². The summed E-state index contributed by atoms with van der Waals surface area (Å²) in [6.07, 6.45) is 5.16. The van der Waals surface area contributed by atoms with E-state index in [1.54, 1.807) is 0 Å². The van der Waals surface area contributed by atoms with Gasteiger partial charge in [-0.15, -0.1) is 0 Å². The van der Waals surface area contributed by atoms with Gasteiger partial charge >= 0.3 is 0 Å². The Morgan fingerprint density at radius 2 is 1.90 bits per heavy atom. The molecular formula is C8H17OSi. The Morgan fingerprint density at radius 1 is 1.20 bits per heavy atom. The zero-order valence-electron chi connectivity index (χ0n) is 7.02. The summed E-state index contributed by atoms with van der Waals surface area (Å²) in [5, 5.41) is 0. The molecule has 0 spiro atoms. The summed E-state index contributed by atoms with van der Waals surface area (Å²) < 4.78 is 4.75. The molecule has 0 saturated heterocycles. The van der Waals surface area contributed by atoms with Crippen LogP contribution in [0.25, 0.3) is 0 Å². The third kappa shape index (κ3) is 8.18. The number of hydrogen-bond donors (Lipinski definition) is 0. The highest BCUT2D eigenvalue weighted by Gasteiger charge is 1.92. The first-order valence-corrected chi connectivity index (χ1v) is 4.46. The molecule has 0 aromatic rings. The van der Waals surface area contributed by atoms with Gasteiger partial charge in [0.2, 0.25) is 10.5 Å². The lowest BCUT2D eigenvalue weighted by Crippen LogP contribution is -1.91. The van der Waals surface area contributed by atoms with Crippen molar-refractivity contribution in [2.45, 2.75) is 39.5 Å². The molecular weight excluding hydrogens is 140 g/mol. The quantitative estimate of drug-likeness (QED) is 0.424. The molecule has 0 unspecified atom stereocenters. The lowest BCUT2D eigenvalue weighted by atomic mass is 10.1. The first-order chi connectivity index (χ1) is 4.77. The van der Waals surface area contributed by atoms with E-state index in [1.165, 1.54) is 25.7 Å². The minimum Gasteiger partial charge on any atom is -0.419 e. The van der Waals surface area contributed by atoms with E-state index in [9.17, 15) is 0 Å². The summed E-state index contributed by atoms with van der Waals surface area (Å²) in [6.45, 7) is 5.37. The summed E-state index contributed by atoms with van der Waals surface area (Å²) in [5.74, 6) is 0.851.